The van der Waals surface area contributed by atoms with Crippen LogP contribution in [0.5, 0.6) is 0 Å². The van der Waals surface area contributed by atoms with E-state index in [4.69, 9.17) is 0 Å². The van der Waals surface area contributed by atoms with Crippen molar-refractivity contribution in [3.8, 4) is 0 Å². The number of nitrogens with zero attached hydrogens (tertiary/aromatic N) is 1. The number of carbonyl (C=O) groups is 2. The minimum Gasteiger partial charge on any atom is -0.481 e. The van der Waals surface area contributed by atoms with Crippen molar-refractivity contribution < 1.29 is 14.7 Å². The predicted octanol–water partition coefficient (Wildman–Crippen LogP) is 3.73. The fraction of sp³-hybridized carbons (Fsp3) is 0.524. The molecule has 134 valence electrons. The zero-order valence-corrected chi connectivity index (χ0v) is 15.9. The first-order valence-corrected chi connectivity index (χ1v) is 8.89. The number of amides is 1. The van der Waals surface area contributed by atoms with Gasteiger partial charge >= 0.3 is 5.97 Å². The lowest BCUT2D eigenvalue weighted by atomic mass is 9.81. The van der Waals surface area contributed by atoms with Crippen LogP contribution in [0.2, 0.25) is 0 Å². The molecule has 2 aliphatic heterocycles. The van der Waals surface area contributed by atoms with E-state index in [9.17, 15) is 14.7 Å². The van der Waals surface area contributed by atoms with E-state index in [1.807, 2.05) is 25.7 Å². The summed E-state index contributed by atoms with van der Waals surface area (Å²) in [7, 11) is 0. The minimum absolute atomic E-state index is 0.00581. The number of fused-ring (bicyclic) bond motifs is 1. The molecule has 4 nitrogen and oxygen atoms in total. The Morgan fingerprint density at radius 1 is 1.24 bits per heavy atom. The lowest BCUT2D eigenvalue weighted by Gasteiger charge is -2.21. The Bertz CT molecular complexity index is 780. The van der Waals surface area contributed by atoms with Gasteiger partial charge in [-0.3, -0.25) is 9.59 Å². The monoisotopic (exact) mass is 341 g/mol. The number of rotatable bonds is 3. The summed E-state index contributed by atoms with van der Waals surface area (Å²) < 4.78 is 0. The van der Waals surface area contributed by atoms with Gasteiger partial charge in [0.15, 0.2) is 0 Å². The molecule has 2 heterocycles. The standard InChI is InChI=1S/C21H27NO3/c1-11-7-12(2)16(13(3)8-11)18-17(14(4)20(24)25)15-9-21(5,6)10-22(15)19(18)23/h7-8,14-15H,9-10H2,1-6H3,(H,24,25). The highest BCUT2D eigenvalue weighted by Crippen LogP contribution is 2.48. The van der Waals surface area contributed by atoms with Gasteiger partial charge in [-0.1, -0.05) is 31.5 Å². The molecule has 0 saturated carbocycles. The van der Waals surface area contributed by atoms with Crippen molar-refractivity contribution in [2.24, 2.45) is 11.3 Å². The molecule has 2 unspecified atom stereocenters. The van der Waals surface area contributed by atoms with E-state index in [1.165, 1.54) is 0 Å². The van der Waals surface area contributed by atoms with Gasteiger partial charge in [-0.15, -0.1) is 0 Å². The van der Waals surface area contributed by atoms with E-state index in [0.717, 1.165) is 34.2 Å². The Morgan fingerprint density at radius 2 is 1.80 bits per heavy atom. The van der Waals surface area contributed by atoms with Crippen LogP contribution in [0.3, 0.4) is 0 Å². The fourth-order valence-corrected chi connectivity index (χ4v) is 4.66. The SMILES string of the molecule is Cc1cc(C)c(C2=C(C(C)C(=O)O)C3CC(C)(C)CN3C2=O)c(C)c1. The maximum Gasteiger partial charge on any atom is 0.310 e. The number of hydrogen-bond acceptors (Lipinski definition) is 2. The van der Waals surface area contributed by atoms with Gasteiger partial charge in [0.1, 0.15) is 0 Å². The van der Waals surface area contributed by atoms with Gasteiger partial charge in [-0.05, 0) is 61.8 Å². The normalized spacial score (nSPS) is 23.2. The lowest BCUT2D eigenvalue weighted by molar-refractivity contribution is -0.140. The molecule has 25 heavy (non-hydrogen) atoms. The second kappa shape index (κ2) is 5.72. The van der Waals surface area contributed by atoms with Crippen LogP contribution in [0, 0.1) is 32.1 Å². The predicted molar refractivity (Wildman–Crippen MR) is 98.3 cm³/mol. The molecule has 0 bridgehead atoms. The number of carboxylic acids is 1. The molecule has 0 radical (unpaired) electrons. The molecule has 0 aliphatic carbocycles. The van der Waals surface area contributed by atoms with Gasteiger partial charge in [-0.2, -0.15) is 0 Å². The second-order valence-corrected chi connectivity index (χ2v) is 8.48. The molecule has 0 spiro atoms. The van der Waals surface area contributed by atoms with E-state index in [2.05, 4.69) is 26.0 Å². The van der Waals surface area contributed by atoms with Crippen LogP contribution in [0.15, 0.2) is 17.7 Å². The smallest absolute Gasteiger partial charge is 0.310 e. The highest BCUT2D eigenvalue weighted by molar-refractivity contribution is 6.24. The molecule has 2 atom stereocenters. The number of aryl methyl sites for hydroxylation is 3. The quantitative estimate of drug-likeness (QED) is 0.911. The Morgan fingerprint density at radius 3 is 2.32 bits per heavy atom. The van der Waals surface area contributed by atoms with Crippen LogP contribution in [-0.2, 0) is 9.59 Å². The number of aliphatic carboxylic acids is 1. The number of benzene rings is 1. The second-order valence-electron chi connectivity index (χ2n) is 8.48. The van der Waals surface area contributed by atoms with Crippen molar-refractivity contribution in [2.75, 3.05) is 6.54 Å². The van der Waals surface area contributed by atoms with Gasteiger partial charge in [-0.25, -0.2) is 0 Å². The van der Waals surface area contributed by atoms with Crippen LogP contribution in [0.1, 0.15) is 49.4 Å². The molecule has 3 rings (SSSR count). The third-order valence-corrected chi connectivity index (χ3v) is 5.61. The van der Waals surface area contributed by atoms with Crippen molar-refractivity contribution in [3.05, 3.63) is 40.0 Å². The van der Waals surface area contributed by atoms with E-state index >= 15 is 0 Å². The maximum absolute atomic E-state index is 13.3. The van der Waals surface area contributed by atoms with Crippen LogP contribution >= 0.6 is 0 Å². The molecule has 1 N–H and O–H groups in total. The Hall–Kier alpha value is -2.10. The van der Waals surface area contributed by atoms with Crippen molar-refractivity contribution in [2.45, 2.75) is 54.0 Å². The van der Waals surface area contributed by atoms with E-state index in [1.54, 1.807) is 6.92 Å². The molecular weight excluding hydrogens is 314 g/mol. The summed E-state index contributed by atoms with van der Waals surface area (Å²) in [6.45, 7) is 12.7. The lowest BCUT2D eigenvalue weighted by Crippen LogP contribution is -2.32. The number of carboxylic acid groups (broad SMARTS) is 1. The molecule has 0 aromatic heterocycles. The topological polar surface area (TPSA) is 57.6 Å². The van der Waals surface area contributed by atoms with Crippen molar-refractivity contribution in [1.29, 1.82) is 0 Å². The van der Waals surface area contributed by atoms with Crippen LogP contribution in [-0.4, -0.2) is 34.5 Å². The zero-order valence-electron chi connectivity index (χ0n) is 15.9. The minimum atomic E-state index is -0.866. The first-order chi connectivity index (χ1) is 11.5. The van der Waals surface area contributed by atoms with Gasteiger partial charge in [0.05, 0.1) is 12.0 Å². The maximum atomic E-state index is 13.3. The Labute approximate surface area is 149 Å². The molecule has 1 aromatic rings. The number of hydrogen-bond donors (Lipinski definition) is 1. The first kappa shape index (κ1) is 17.7. The third-order valence-electron chi connectivity index (χ3n) is 5.61. The highest BCUT2D eigenvalue weighted by atomic mass is 16.4. The summed E-state index contributed by atoms with van der Waals surface area (Å²) in [5.74, 6) is -1.54. The number of carbonyl (C=O) groups excluding carboxylic acids is 1. The van der Waals surface area contributed by atoms with E-state index < -0.39 is 11.9 Å². The molecule has 1 fully saturated rings. The molecule has 1 saturated heterocycles. The Kier molecular flexibility index (Phi) is 4.05. The average Bonchev–Trinajstić information content (AvgIpc) is 2.90. The van der Waals surface area contributed by atoms with E-state index in [0.29, 0.717) is 12.1 Å². The summed E-state index contributed by atoms with van der Waals surface area (Å²) >= 11 is 0. The zero-order chi connectivity index (χ0) is 18.7. The van der Waals surface area contributed by atoms with Gasteiger partial charge in [0.2, 0.25) is 0 Å². The molecule has 4 heteroatoms. The molecule has 1 amide bonds. The average molecular weight is 341 g/mol. The summed E-state index contributed by atoms with van der Waals surface area (Å²) in [6.07, 6.45) is 0.819. The van der Waals surface area contributed by atoms with Gasteiger partial charge < -0.3 is 10.0 Å². The fourth-order valence-electron chi connectivity index (χ4n) is 4.66. The largest absolute Gasteiger partial charge is 0.481 e. The van der Waals surface area contributed by atoms with Gasteiger partial charge in [0.25, 0.3) is 5.91 Å². The molecular formula is C21H27NO3. The highest BCUT2D eigenvalue weighted by Gasteiger charge is 2.50. The summed E-state index contributed by atoms with van der Waals surface area (Å²) in [5, 5.41) is 9.66. The van der Waals surface area contributed by atoms with Crippen LogP contribution in [0.4, 0.5) is 0 Å². The molecule has 1 aromatic carbocycles. The first-order valence-electron chi connectivity index (χ1n) is 8.89. The third kappa shape index (κ3) is 2.78. The summed E-state index contributed by atoms with van der Waals surface area (Å²) in [4.78, 5) is 26.9. The van der Waals surface area contributed by atoms with E-state index in [-0.39, 0.29) is 17.4 Å². The van der Waals surface area contributed by atoms with Crippen LogP contribution < -0.4 is 0 Å². The van der Waals surface area contributed by atoms with Gasteiger partial charge in [0, 0.05) is 12.1 Å². The Balaban J connectivity index is 2.25. The van der Waals surface area contributed by atoms with Crippen LogP contribution in [0.25, 0.3) is 5.57 Å². The van der Waals surface area contributed by atoms with Crippen molar-refractivity contribution in [3.63, 3.8) is 0 Å². The summed E-state index contributed by atoms with van der Waals surface area (Å²) in [6, 6.07) is 4.04. The van der Waals surface area contributed by atoms with Crippen molar-refractivity contribution in [1.82, 2.24) is 4.90 Å². The molecule has 2 aliphatic rings. The summed E-state index contributed by atoms with van der Waals surface area (Å²) in [5.41, 5.74) is 5.59. The van der Waals surface area contributed by atoms with Crippen molar-refractivity contribution >= 4 is 17.4 Å².